The number of aryl methyl sites for hydroxylation is 1. The van der Waals surface area contributed by atoms with Gasteiger partial charge in [-0.05, 0) is 111 Å². The molecule has 7 heteroatoms. The minimum Gasteiger partial charge on any atom is -0.494 e. The second-order valence-corrected chi connectivity index (χ2v) is 12.1. The van der Waals surface area contributed by atoms with Crippen LogP contribution in [0.1, 0.15) is 48.9 Å². The average molecular weight is 661 g/mol. The van der Waals surface area contributed by atoms with Crippen molar-refractivity contribution < 1.29 is 9.47 Å². The number of aromatic nitrogens is 2. The van der Waals surface area contributed by atoms with Crippen LogP contribution >= 0.6 is 15.9 Å². The molecule has 0 spiro atoms. The summed E-state index contributed by atoms with van der Waals surface area (Å²) >= 11 is 3.67. The van der Waals surface area contributed by atoms with Crippen molar-refractivity contribution in [1.29, 1.82) is 0 Å². The lowest BCUT2D eigenvalue weighted by Gasteiger charge is -2.18. The Kier molecular flexibility index (Phi) is 8.80. The first-order valence-electron chi connectivity index (χ1n) is 15.1. The van der Waals surface area contributed by atoms with Crippen LogP contribution in [-0.2, 0) is 6.61 Å². The first-order chi connectivity index (χ1) is 21.8. The molecule has 0 aliphatic rings. The van der Waals surface area contributed by atoms with Crippen LogP contribution in [0, 0.1) is 6.92 Å². The van der Waals surface area contributed by atoms with E-state index < -0.39 is 0 Å². The molecule has 0 aliphatic heterocycles. The van der Waals surface area contributed by atoms with E-state index in [0.717, 1.165) is 43.8 Å². The normalized spacial score (nSPS) is 11.6. The number of hydrogen-bond donors (Lipinski definition) is 0. The van der Waals surface area contributed by atoms with Crippen LogP contribution in [-0.4, -0.2) is 22.5 Å². The maximum Gasteiger partial charge on any atom is 0.282 e. The van der Waals surface area contributed by atoms with Gasteiger partial charge in [0.25, 0.3) is 5.56 Å². The minimum absolute atomic E-state index is 0.216. The van der Waals surface area contributed by atoms with Crippen LogP contribution in [0.3, 0.4) is 0 Å². The summed E-state index contributed by atoms with van der Waals surface area (Å²) < 4.78 is 14.3. The van der Waals surface area contributed by atoms with Gasteiger partial charge in [0.15, 0.2) is 5.82 Å². The third-order valence-corrected chi connectivity index (χ3v) is 8.43. The Morgan fingerprint density at radius 1 is 0.889 bits per heavy atom. The van der Waals surface area contributed by atoms with E-state index in [0.29, 0.717) is 29.9 Å². The number of ether oxygens (including phenoxy) is 2. The van der Waals surface area contributed by atoms with Crippen molar-refractivity contribution in [3.05, 3.63) is 134 Å². The van der Waals surface area contributed by atoms with Crippen LogP contribution in [0.2, 0.25) is 0 Å². The van der Waals surface area contributed by atoms with E-state index in [2.05, 4.69) is 60.1 Å². The third kappa shape index (κ3) is 6.26. The smallest absolute Gasteiger partial charge is 0.282 e. The van der Waals surface area contributed by atoms with Crippen LogP contribution in [0.5, 0.6) is 11.5 Å². The largest absolute Gasteiger partial charge is 0.494 e. The molecule has 0 aliphatic carbocycles. The zero-order valence-corrected chi connectivity index (χ0v) is 27.3. The lowest BCUT2D eigenvalue weighted by atomic mass is 9.96. The Morgan fingerprint density at radius 2 is 1.64 bits per heavy atom. The second-order valence-electron chi connectivity index (χ2n) is 11.2. The van der Waals surface area contributed by atoms with E-state index in [1.807, 2.05) is 74.5 Å². The zero-order valence-electron chi connectivity index (χ0n) is 25.8. The van der Waals surface area contributed by atoms with Gasteiger partial charge in [0.1, 0.15) is 18.1 Å². The Labute approximate surface area is 271 Å². The molecule has 6 aromatic rings. The molecule has 0 fully saturated rings. The lowest BCUT2D eigenvalue weighted by molar-refractivity contribution is 0.305. The summed E-state index contributed by atoms with van der Waals surface area (Å²) in [5, 5.41) is 7.56. The monoisotopic (exact) mass is 659 g/mol. The summed E-state index contributed by atoms with van der Waals surface area (Å²) in [5.41, 5.74) is 5.14. The summed E-state index contributed by atoms with van der Waals surface area (Å²) in [5.74, 6) is 2.26. The second kappa shape index (κ2) is 13.1. The summed E-state index contributed by atoms with van der Waals surface area (Å²) in [6.07, 6.45) is 1.67. The summed E-state index contributed by atoms with van der Waals surface area (Å²) in [6, 6.07) is 31.7. The van der Waals surface area contributed by atoms with Crippen LogP contribution in [0.15, 0.2) is 111 Å². The molecule has 0 saturated heterocycles. The van der Waals surface area contributed by atoms with Gasteiger partial charge in [0.2, 0.25) is 0 Å². The molecule has 1 aromatic heterocycles. The van der Waals surface area contributed by atoms with E-state index in [1.165, 1.54) is 15.4 Å². The van der Waals surface area contributed by atoms with E-state index in [4.69, 9.17) is 19.6 Å². The summed E-state index contributed by atoms with van der Waals surface area (Å²) in [7, 11) is 0. The highest BCUT2D eigenvalue weighted by Gasteiger charge is 2.18. The molecule has 0 atom stereocenters. The highest BCUT2D eigenvalue weighted by molar-refractivity contribution is 9.10. The maximum atomic E-state index is 13.8. The van der Waals surface area contributed by atoms with Gasteiger partial charge < -0.3 is 9.47 Å². The fourth-order valence-corrected chi connectivity index (χ4v) is 6.00. The quantitative estimate of drug-likeness (QED) is 0.145. The number of halogens is 1. The van der Waals surface area contributed by atoms with Crippen molar-refractivity contribution in [2.45, 2.75) is 40.2 Å². The highest BCUT2D eigenvalue weighted by Crippen LogP contribution is 2.34. The molecule has 0 bridgehead atoms. The molecule has 226 valence electrons. The fourth-order valence-electron chi connectivity index (χ4n) is 5.49. The Hall–Kier alpha value is -4.75. The fraction of sp³-hybridized carbons (Fsp3) is 0.184. The highest BCUT2D eigenvalue weighted by atomic mass is 79.9. The number of rotatable bonds is 9. The summed E-state index contributed by atoms with van der Waals surface area (Å²) in [4.78, 5) is 18.8. The first kappa shape index (κ1) is 30.3. The zero-order chi connectivity index (χ0) is 31.5. The molecule has 0 radical (unpaired) electrons. The number of benzene rings is 5. The van der Waals surface area contributed by atoms with Gasteiger partial charge in [-0.25, -0.2) is 4.98 Å². The van der Waals surface area contributed by atoms with Crippen molar-refractivity contribution in [2.75, 3.05) is 6.61 Å². The standard InChI is InChI=1S/C38H34BrN3O3/c1-5-44-36-19-25(4)32(21-31(36)24(2)3)37-41-34-16-9-8-15-30(34)38(43)42(37)40-22-26-17-18-35(33(39)20-26)45-23-28-13-10-12-27-11-6-7-14-29(27)28/h6-22,24H,5,23H2,1-4H3. The predicted molar refractivity (Wildman–Crippen MR) is 187 cm³/mol. The van der Waals surface area contributed by atoms with E-state index in [1.54, 1.807) is 12.3 Å². The Morgan fingerprint density at radius 3 is 2.42 bits per heavy atom. The minimum atomic E-state index is -0.236. The number of hydrogen-bond acceptors (Lipinski definition) is 5. The predicted octanol–water partition coefficient (Wildman–Crippen LogP) is 9.27. The van der Waals surface area contributed by atoms with Crippen molar-refractivity contribution in [3.63, 3.8) is 0 Å². The molecule has 0 saturated carbocycles. The van der Waals surface area contributed by atoms with E-state index >= 15 is 0 Å². The number of nitrogens with zero attached hydrogens (tertiary/aromatic N) is 3. The number of para-hydroxylation sites is 1. The molecular formula is C38H34BrN3O3. The van der Waals surface area contributed by atoms with Gasteiger partial charge >= 0.3 is 0 Å². The SMILES string of the molecule is CCOc1cc(C)c(-c2nc3ccccc3c(=O)n2N=Cc2ccc(OCc3cccc4ccccc34)c(Br)c2)cc1C(C)C. The van der Waals surface area contributed by atoms with Gasteiger partial charge in [0.05, 0.1) is 28.2 Å². The van der Waals surface area contributed by atoms with Crippen LogP contribution in [0.25, 0.3) is 33.1 Å². The lowest BCUT2D eigenvalue weighted by Crippen LogP contribution is -2.20. The Balaban J connectivity index is 1.35. The molecule has 0 amide bonds. The molecule has 1 heterocycles. The average Bonchev–Trinajstić information content (AvgIpc) is 3.04. The van der Waals surface area contributed by atoms with E-state index in [9.17, 15) is 4.79 Å². The maximum absolute atomic E-state index is 13.8. The van der Waals surface area contributed by atoms with Crippen molar-refractivity contribution >= 4 is 43.8 Å². The topological polar surface area (TPSA) is 65.7 Å². The molecule has 6 nitrogen and oxygen atoms in total. The van der Waals surface area contributed by atoms with Gasteiger partial charge in [-0.3, -0.25) is 4.79 Å². The number of fused-ring (bicyclic) bond motifs is 2. The van der Waals surface area contributed by atoms with Crippen molar-refractivity contribution in [1.82, 2.24) is 9.66 Å². The Bertz CT molecular complexity index is 2110. The van der Waals surface area contributed by atoms with Gasteiger partial charge in [-0.15, -0.1) is 0 Å². The molecule has 5 aromatic carbocycles. The van der Waals surface area contributed by atoms with Crippen molar-refractivity contribution in [2.24, 2.45) is 5.10 Å². The van der Waals surface area contributed by atoms with E-state index in [-0.39, 0.29) is 11.5 Å². The van der Waals surface area contributed by atoms with Crippen LogP contribution in [0.4, 0.5) is 0 Å². The molecule has 0 unspecified atom stereocenters. The van der Waals surface area contributed by atoms with Gasteiger partial charge in [-0.2, -0.15) is 9.78 Å². The first-order valence-corrected chi connectivity index (χ1v) is 15.9. The molecule has 0 N–H and O–H groups in total. The third-order valence-electron chi connectivity index (χ3n) is 7.81. The van der Waals surface area contributed by atoms with Gasteiger partial charge in [-0.1, -0.05) is 68.4 Å². The molecule has 45 heavy (non-hydrogen) atoms. The molecular weight excluding hydrogens is 626 g/mol. The van der Waals surface area contributed by atoms with Crippen LogP contribution < -0.4 is 15.0 Å². The summed E-state index contributed by atoms with van der Waals surface area (Å²) in [6.45, 7) is 9.25. The molecule has 6 rings (SSSR count). The van der Waals surface area contributed by atoms with Gasteiger partial charge in [0, 0.05) is 5.56 Å². The van der Waals surface area contributed by atoms with Crippen molar-refractivity contribution in [3.8, 4) is 22.9 Å².